The van der Waals surface area contributed by atoms with E-state index >= 15 is 0 Å². The van der Waals surface area contributed by atoms with Gasteiger partial charge < -0.3 is 19.6 Å². The van der Waals surface area contributed by atoms with Crippen LogP contribution >= 0.6 is 0 Å². The highest BCUT2D eigenvalue weighted by Gasteiger charge is 2.22. The van der Waals surface area contributed by atoms with Crippen molar-refractivity contribution >= 4 is 23.5 Å². The van der Waals surface area contributed by atoms with E-state index < -0.39 is 18.4 Å². The Morgan fingerprint density at radius 1 is 1.11 bits per heavy atom. The second-order valence-electron chi connectivity index (χ2n) is 6.56. The third-order valence-electron chi connectivity index (χ3n) is 4.46. The minimum absolute atomic E-state index is 0.0729. The monoisotopic (exact) mass is 382 g/mol. The van der Waals surface area contributed by atoms with Gasteiger partial charge in [-0.3, -0.25) is 14.4 Å². The van der Waals surface area contributed by atoms with Crippen LogP contribution in [0.25, 0.3) is 0 Å². The van der Waals surface area contributed by atoms with E-state index in [9.17, 15) is 14.4 Å². The number of hydrogen-bond donors (Lipinski definition) is 1. The number of aliphatic carboxylic acids is 1. The van der Waals surface area contributed by atoms with Crippen LogP contribution < -0.4 is 9.64 Å². The maximum absolute atomic E-state index is 12.5. The summed E-state index contributed by atoms with van der Waals surface area (Å²) in [6.07, 6.45) is 1.36. The topological polar surface area (TPSA) is 87.2 Å². The van der Waals surface area contributed by atoms with Gasteiger partial charge in [-0.25, -0.2) is 0 Å². The lowest BCUT2D eigenvalue weighted by molar-refractivity contribution is -0.145. The Morgan fingerprint density at radius 2 is 1.89 bits per heavy atom. The summed E-state index contributed by atoms with van der Waals surface area (Å²) < 4.78 is 5.58. The molecule has 0 radical (unpaired) electrons. The average Bonchev–Trinajstić information content (AvgIpc) is 3.12. The molecule has 0 spiro atoms. The minimum Gasteiger partial charge on any atom is -0.484 e. The third kappa shape index (κ3) is 5.09. The van der Waals surface area contributed by atoms with Crippen molar-refractivity contribution < 1.29 is 24.2 Å². The van der Waals surface area contributed by atoms with Crippen LogP contribution in [-0.4, -0.2) is 47.5 Å². The predicted octanol–water partition coefficient (Wildman–Crippen LogP) is 2.31. The molecule has 1 aliphatic rings. The molecule has 7 nitrogen and oxygen atoms in total. The molecule has 1 fully saturated rings. The van der Waals surface area contributed by atoms with Gasteiger partial charge in [-0.15, -0.1) is 0 Å². The average molecular weight is 382 g/mol. The van der Waals surface area contributed by atoms with Crippen molar-refractivity contribution in [3.63, 3.8) is 0 Å². The molecule has 1 N–H and O–H groups in total. The van der Waals surface area contributed by atoms with E-state index in [1.807, 2.05) is 36.4 Å². The first-order valence-electron chi connectivity index (χ1n) is 9.09. The highest BCUT2D eigenvalue weighted by molar-refractivity contribution is 5.95. The molecule has 0 atom stereocenters. The summed E-state index contributed by atoms with van der Waals surface area (Å²) >= 11 is 0. The fourth-order valence-corrected chi connectivity index (χ4v) is 3.10. The molecule has 2 aromatic rings. The molecule has 0 saturated carbocycles. The molecule has 0 unspecified atom stereocenters. The predicted molar refractivity (Wildman–Crippen MR) is 103 cm³/mol. The highest BCUT2D eigenvalue weighted by atomic mass is 16.5. The van der Waals surface area contributed by atoms with Crippen LogP contribution in [0.5, 0.6) is 5.75 Å². The van der Waals surface area contributed by atoms with E-state index in [-0.39, 0.29) is 19.1 Å². The highest BCUT2D eigenvalue weighted by Crippen LogP contribution is 2.25. The number of anilines is 1. The molecule has 146 valence electrons. The first-order chi connectivity index (χ1) is 13.5. The van der Waals surface area contributed by atoms with E-state index in [0.29, 0.717) is 18.7 Å². The van der Waals surface area contributed by atoms with Crippen LogP contribution in [0.4, 0.5) is 5.69 Å². The molecule has 0 aliphatic carbocycles. The van der Waals surface area contributed by atoms with Gasteiger partial charge in [-0.05, 0) is 24.1 Å². The number of carbonyl (C=O) groups excluding carboxylic acids is 2. The maximum atomic E-state index is 12.5. The second-order valence-corrected chi connectivity index (χ2v) is 6.56. The number of carboxylic acid groups (broad SMARTS) is 1. The summed E-state index contributed by atoms with van der Waals surface area (Å²) in [6, 6.07) is 16.2. The lowest BCUT2D eigenvalue weighted by Gasteiger charge is -2.21. The third-order valence-corrected chi connectivity index (χ3v) is 4.46. The molecular formula is C21H22N2O5. The summed E-state index contributed by atoms with van der Waals surface area (Å²) in [4.78, 5) is 38.5. The quantitative estimate of drug-likeness (QED) is 0.757. The zero-order valence-corrected chi connectivity index (χ0v) is 15.4. The van der Waals surface area contributed by atoms with Gasteiger partial charge in [0.15, 0.2) is 6.61 Å². The molecule has 2 amide bonds. The van der Waals surface area contributed by atoms with E-state index in [1.54, 1.807) is 23.1 Å². The molecule has 1 saturated heterocycles. The van der Waals surface area contributed by atoms with Crippen LogP contribution in [0.2, 0.25) is 0 Å². The van der Waals surface area contributed by atoms with Crippen molar-refractivity contribution in [2.75, 3.05) is 24.6 Å². The lowest BCUT2D eigenvalue weighted by atomic mass is 10.2. The second kappa shape index (κ2) is 9.03. The van der Waals surface area contributed by atoms with Crippen LogP contribution in [-0.2, 0) is 20.9 Å². The van der Waals surface area contributed by atoms with E-state index in [1.165, 1.54) is 4.90 Å². The molecular weight excluding hydrogens is 360 g/mol. The smallest absolute Gasteiger partial charge is 0.323 e. The number of carbonyl (C=O) groups is 3. The Hall–Kier alpha value is -3.35. The molecule has 28 heavy (non-hydrogen) atoms. The molecule has 1 heterocycles. The number of rotatable bonds is 8. The standard InChI is InChI=1S/C21H22N2O5/c24-19-10-5-11-23(19)17-8-4-9-18(12-17)28-15-20(25)22(14-21(26)27)13-16-6-2-1-3-7-16/h1-4,6-9,12H,5,10-11,13-15H2,(H,26,27). The van der Waals surface area contributed by atoms with E-state index in [4.69, 9.17) is 9.84 Å². The molecule has 1 aliphatic heterocycles. The van der Waals surface area contributed by atoms with Crippen molar-refractivity contribution in [2.45, 2.75) is 19.4 Å². The van der Waals surface area contributed by atoms with Gasteiger partial charge in [0.2, 0.25) is 5.91 Å². The first kappa shape index (κ1) is 19.4. The van der Waals surface area contributed by atoms with Crippen LogP contribution in [0.15, 0.2) is 54.6 Å². The Bertz CT molecular complexity index is 853. The van der Waals surface area contributed by atoms with Gasteiger partial charge in [0.05, 0.1) is 0 Å². The molecule has 3 rings (SSSR count). The van der Waals surface area contributed by atoms with Crippen LogP contribution in [0.3, 0.4) is 0 Å². The lowest BCUT2D eigenvalue weighted by Crippen LogP contribution is -2.38. The Morgan fingerprint density at radius 3 is 2.57 bits per heavy atom. The minimum atomic E-state index is -1.08. The van der Waals surface area contributed by atoms with Gasteiger partial charge in [0, 0.05) is 31.3 Å². The normalized spacial score (nSPS) is 13.4. The number of benzene rings is 2. The fourth-order valence-electron chi connectivity index (χ4n) is 3.10. The number of ether oxygens (including phenoxy) is 1. The van der Waals surface area contributed by atoms with Gasteiger partial charge in [0.1, 0.15) is 12.3 Å². The van der Waals surface area contributed by atoms with Crippen molar-refractivity contribution in [3.05, 3.63) is 60.2 Å². The van der Waals surface area contributed by atoms with Crippen molar-refractivity contribution in [1.82, 2.24) is 4.90 Å². The first-order valence-corrected chi connectivity index (χ1v) is 9.09. The number of carboxylic acids is 1. The SMILES string of the molecule is O=C(O)CN(Cc1ccccc1)C(=O)COc1cccc(N2CCCC2=O)c1. The Labute approximate surface area is 163 Å². The fraction of sp³-hybridized carbons (Fsp3) is 0.286. The summed E-state index contributed by atoms with van der Waals surface area (Å²) in [6.45, 7) is 0.180. The van der Waals surface area contributed by atoms with Gasteiger partial charge in [-0.2, -0.15) is 0 Å². The van der Waals surface area contributed by atoms with Gasteiger partial charge in [0.25, 0.3) is 5.91 Å². The molecule has 7 heteroatoms. The maximum Gasteiger partial charge on any atom is 0.323 e. The Kier molecular flexibility index (Phi) is 6.26. The number of hydrogen-bond acceptors (Lipinski definition) is 4. The summed E-state index contributed by atoms with van der Waals surface area (Å²) in [5.74, 6) is -0.975. The number of nitrogens with zero attached hydrogens (tertiary/aromatic N) is 2. The van der Waals surface area contributed by atoms with Crippen LogP contribution in [0, 0.1) is 0 Å². The van der Waals surface area contributed by atoms with Gasteiger partial charge >= 0.3 is 5.97 Å². The van der Waals surface area contributed by atoms with Crippen molar-refractivity contribution in [3.8, 4) is 5.75 Å². The Balaban J connectivity index is 1.63. The zero-order valence-electron chi connectivity index (χ0n) is 15.4. The van der Waals surface area contributed by atoms with E-state index in [0.717, 1.165) is 17.7 Å². The van der Waals surface area contributed by atoms with Gasteiger partial charge in [-0.1, -0.05) is 36.4 Å². The van der Waals surface area contributed by atoms with Crippen LogP contribution in [0.1, 0.15) is 18.4 Å². The van der Waals surface area contributed by atoms with Crippen molar-refractivity contribution in [2.24, 2.45) is 0 Å². The zero-order chi connectivity index (χ0) is 19.9. The molecule has 2 aromatic carbocycles. The van der Waals surface area contributed by atoms with Crippen molar-refractivity contribution in [1.29, 1.82) is 0 Å². The summed E-state index contributed by atoms with van der Waals surface area (Å²) in [5, 5.41) is 9.11. The summed E-state index contributed by atoms with van der Waals surface area (Å²) in [7, 11) is 0. The number of amides is 2. The summed E-state index contributed by atoms with van der Waals surface area (Å²) in [5.41, 5.74) is 1.57. The molecule has 0 aromatic heterocycles. The van der Waals surface area contributed by atoms with E-state index in [2.05, 4.69) is 0 Å². The molecule has 0 bridgehead atoms. The largest absolute Gasteiger partial charge is 0.484 e.